The molecule has 2 heterocycles. The molecule has 2 aromatic rings. The summed E-state index contributed by atoms with van der Waals surface area (Å²) in [5.74, 6) is 0. The largest absolute Gasteiger partial charge is 0.351 e. The topological polar surface area (TPSA) is 60.9 Å². The summed E-state index contributed by atoms with van der Waals surface area (Å²) in [6.07, 6.45) is 4.27. The van der Waals surface area contributed by atoms with Crippen LogP contribution in [0, 0.1) is 0 Å². The molecule has 0 aliphatic rings. The third kappa shape index (κ3) is 1.16. The minimum atomic E-state index is -0.492. The second-order valence-electron chi connectivity index (χ2n) is 3.09. The van der Waals surface area contributed by atoms with Crippen molar-refractivity contribution in [1.29, 1.82) is 0 Å². The highest BCUT2D eigenvalue weighted by Gasteiger charge is 2.10. The molecule has 0 bridgehead atoms. The molecule has 72 valence electrons. The molecule has 0 aliphatic heterocycles. The molecule has 0 spiro atoms. The molecule has 0 aliphatic carbocycles. The Morgan fingerprint density at radius 2 is 2.43 bits per heavy atom. The van der Waals surface area contributed by atoms with Crippen LogP contribution in [0.4, 0.5) is 4.79 Å². The number of rotatable bonds is 1. The van der Waals surface area contributed by atoms with Crippen molar-refractivity contribution in [3.63, 3.8) is 0 Å². The Bertz CT molecular complexity index is 487. The predicted molar refractivity (Wildman–Crippen MR) is 54.1 cm³/mol. The minimum Gasteiger partial charge on any atom is -0.351 e. The lowest BCUT2D eigenvalue weighted by Crippen LogP contribution is -2.18. The summed E-state index contributed by atoms with van der Waals surface area (Å²) >= 11 is 0. The number of primary amides is 1. The van der Waals surface area contributed by atoms with Crippen LogP contribution >= 0.6 is 0 Å². The molecular weight excluding hydrogens is 178 g/mol. The van der Waals surface area contributed by atoms with Gasteiger partial charge < -0.3 is 5.73 Å². The van der Waals surface area contributed by atoms with Crippen LogP contribution in [0.2, 0.25) is 0 Å². The van der Waals surface area contributed by atoms with Crippen molar-refractivity contribution >= 4 is 17.1 Å². The summed E-state index contributed by atoms with van der Waals surface area (Å²) in [6, 6.07) is 3.31. The molecule has 14 heavy (non-hydrogen) atoms. The van der Waals surface area contributed by atoms with Crippen molar-refractivity contribution in [2.75, 3.05) is 0 Å². The fourth-order valence-electron chi connectivity index (χ4n) is 1.58. The first-order valence-corrected chi connectivity index (χ1v) is 4.48. The van der Waals surface area contributed by atoms with Crippen molar-refractivity contribution in [3.05, 3.63) is 30.1 Å². The normalized spacial score (nSPS) is 10.6. The number of hydrogen-bond acceptors (Lipinski definition) is 2. The van der Waals surface area contributed by atoms with E-state index in [1.165, 1.54) is 4.57 Å². The van der Waals surface area contributed by atoms with Gasteiger partial charge in [0.1, 0.15) is 5.65 Å². The lowest BCUT2D eigenvalue weighted by atomic mass is 10.2. The first kappa shape index (κ1) is 8.74. The number of nitrogens with zero attached hydrogens (tertiary/aromatic N) is 2. The van der Waals surface area contributed by atoms with Gasteiger partial charge in [-0.05, 0) is 24.1 Å². The third-order valence-electron chi connectivity index (χ3n) is 2.26. The van der Waals surface area contributed by atoms with E-state index < -0.39 is 6.03 Å². The second-order valence-corrected chi connectivity index (χ2v) is 3.09. The molecule has 2 N–H and O–H groups in total. The molecular formula is C10H11N3O. The summed E-state index contributed by atoms with van der Waals surface area (Å²) in [5, 5.41) is 0.994. The number of aromatic nitrogens is 2. The number of carbonyl (C=O) groups excluding carboxylic acids is 1. The van der Waals surface area contributed by atoms with Crippen LogP contribution in [0.3, 0.4) is 0 Å². The van der Waals surface area contributed by atoms with Gasteiger partial charge in [-0.3, -0.25) is 4.57 Å². The first-order valence-electron chi connectivity index (χ1n) is 4.48. The molecule has 4 heteroatoms. The maximum atomic E-state index is 11.1. The van der Waals surface area contributed by atoms with Crippen LogP contribution in [0.15, 0.2) is 24.5 Å². The summed E-state index contributed by atoms with van der Waals surface area (Å²) in [7, 11) is 0. The van der Waals surface area contributed by atoms with Crippen molar-refractivity contribution in [1.82, 2.24) is 9.55 Å². The van der Waals surface area contributed by atoms with E-state index in [2.05, 4.69) is 4.98 Å². The van der Waals surface area contributed by atoms with Crippen LogP contribution in [0.5, 0.6) is 0 Å². The molecule has 0 radical (unpaired) electrons. The van der Waals surface area contributed by atoms with E-state index in [0.29, 0.717) is 5.65 Å². The van der Waals surface area contributed by atoms with Gasteiger partial charge in [0.15, 0.2) is 0 Å². The fraction of sp³-hybridized carbons (Fsp3) is 0.200. The van der Waals surface area contributed by atoms with Gasteiger partial charge in [0.05, 0.1) is 0 Å². The Balaban J connectivity index is 2.80. The van der Waals surface area contributed by atoms with Gasteiger partial charge in [-0.1, -0.05) is 6.92 Å². The first-order chi connectivity index (χ1) is 6.74. The molecule has 0 saturated heterocycles. The molecule has 0 saturated carbocycles. The Kier molecular flexibility index (Phi) is 1.96. The van der Waals surface area contributed by atoms with Gasteiger partial charge in [0, 0.05) is 17.8 Å². The molecule has 2 rings (SSSR count). The summed E-state index contributed by atoms with van der Waals surface area (Å²) in [6.45, 7) is 2.03. The highest BCUT2D eigenvalue weighted by atomic mass is 16.2. The zero-order valence-electron chi connectivity index (χ0n) is 7.90. The lowest BCUT2D eigenvalue weighted by Gasteiger charge is -1.95. The van der Waals surface area contributed by atoms with Crippen LogP contribution in [-0.4, -0.2) is 15.6 Å². The third-order valence-corrected chi connectivity index (χ3v) is 2.26. The van der Waals surface area contributed by atoms with Gasteiger partial charge in [-0.2, -0.15) is 0 Å². The van der Waals surface area contributed by atoms with Crippen LogP contribution in [0.1, 0.15) is 12.5 Å². The minimum absolute atomic E-state index is 0.492. The summed E-state index contributed by atoms with van der Waals surface area (Å²) < 4.78 is 1.38. The van der Waals surface area contributed by atoms with Gasteiger partial charge in [-0.15, -0.1) is 0 Å². The highest BCUT2D eigenvalue weighted by Crippen LogP contribution is 2.18. The smallest absolute Gasteiger partial charge is 0.324 e. The molecule has 1 amide bonds. The molecule has 4 nitrogen and oxygen atoms in total. The Labute approximate surface area is 81.3 Å². The van der Waals surface area contributed by atoms with Crippen molar-refractivity contribution in [2.24, 2.45) is 5.73 Å². The summed E-state index contributed by atoms with van der Waals surface area (Å²) in [4.78, 5) is 15.2. The van der Waals surface area contributed by atoms with Gasteiger partial charge >= 0.3 is 6.03 Å². The molecule has 0 atom stereocenters. The quantitative estimate of drug-likeness (QED) is 0.739. The van der Waals surface area contributed by atoms with Crippen LogP contribution < -0.4 is 5.73 Å². The average molecular weight is 189 g/mol. The number of aryl methyl sites for hydroxylation is 1. The fourth-order valence-corrected chi connectivity index (χ4v) is 1.58. The van der Waals surface area contributed by atoms with Crippen LogP contribution in [-0.2, 0) is 6.42 Å². The van der Waals surface area contributed by atoms with E-state index in [1.54, 1.807) is 12.4 Å². The SMILES string of the molecule is CCc1cn(C(N)=O)c2ncccc12. The molecule has 0 aromatic carbocycles. The molecule has 0 unspecified atom stereocenters. The Hall–Kier alpha value is -1.84. The highest BCUT2D eigenvalue weighted by molar-refractivity contribution is 5.90. The summed E-state index contributed by atoms with van der Waals surface area (Å²) in [5.41, 5.74) is 6.96. The van der Waals surface area contributed by atoms with Gasteiger partial charge in [-0.25, -0.2) is 9.78 Å². The van der Waals surface area contributed by atoms with E-state index in [9.17, 15) is 4.79 Å². The lowest BCUT2D eigenvalue weighted by molar-refractivity contribution is 0.251. The number of carbonyl (C=O) groups is 1. The predicted octanol–water partition coefficient (Wildman–Crippen LogP) is 1.53. The molecule has 2 aromatic heterocycles. The maximum absolute atomic E-state index is 11.1. The Morgan fingerprint density at radius 1 is 1.64 bits per heavy atom. The average Bonchev–Trinajstić information content (AvgIpc) is 2.56. The standard InChI is InChI=1S/C10H11N3O/c1-2-7-6-13(10(11)14)9-8(7)4-3-5-12-9/h3-6H,2H2,1H3,(H2,11,14). The second kappa shape index (κ2) is 3.14. The van der Waals surface area contributed by atoms with Crippen molar-refractivity contribution < 1.29 is 4.79 Å². The van der Waals surface area contributed by atoms with Crippen LogP contribution in [0.25, 0.3) is 11.0 Å². The zero-order valence-corrected chi connectivity index (χ0v) is 7.90. The van der Waals surface area contributed by atoms with Crippen molar-refractivity contribution in [2.45, 2.75) is 13.3 Å². The number of nitrogens with two attached hydrogens (primary N) is 1. The van der Waals surface area contributed by atoms with E-state index in [-0.39, 0.29) is 0 Å². The van der Waals surface area contributed by atoms with Gasteiger partial charge in [0.2, 0.25) is 0 Å². The number of amides is 1. The van der Waals surface area contributed by atoms with E-state index >= 15 is 0 Å². The zero-order chi connectivity index (χ0) is 10.1. The van der Waals surface area contributed by atoms with E-state index in [4.69, 9.17) is 5.73 Å². The molecule has 0 fully saturated rings. The maximum Gasteiger partial charge on any atom is 0.324 e. The van der Waals surface area contributed by atoms with E-state index in [0.717, 1.165) is 17.4 Å². The Morgan fingerprint density at radius 3 is 3.07 bits per heavy atom. The van der Waals surface area contributed by atoms with E-state index in [1.807, 2.05) is 19.1 Å². The number of hydrogen-bond donors (Lipinski definition) is 1. The number of fused-ring (bicyclic) bond motifs is 1. The van der Waals surface area contributed by atoms with Gasteiger partial charge in [0.25, 0.3) is 0 Å². The number of pyridine rings is 1. The van der Waals surface area contributed by atoms with Crippen molar-refractivity contribution in [3.8, 4) is 0 Å². The monoisotopic (exact) mass is 189 g/mol.